The van der Waals surface area contributed by atoms with Crippen molar-refractivity contribution in [3.05, 3.63) is 71.0 Å². The lowest BCUT2D eigenvalue weighted by atomic mass is 10.1. The van der Waals surface area contributed by atoms with Gasteiger partial charge in [-0.25, -0.2) is 15.0 Å². The fourth-order valence-corrected chi connectivity index (χ4v) is 6.99. The zero-order valence-electron chi connectivity index (χ0n) is 33.7. The minimum Gasteiger partial charge on any atom is -0.491 e. The molecule has 1 aromatic carbocycles. The van der Waals surface area contributed by atoms with Crippen molar-refractivity contribution >= 4 is 57.7 Å². The van der Waals surface area contributed by atoms with E-state index in [1.165, 1.54) is 12.3 Å². The molecule has 1 fully saturated rings. The smallest absolute Gasteiger partial charge is 0.295 e. The first kappa shape index (κ1) is 41.1. The van der Waals surface area contributed by atoms with E-state index < -0.39 is 23.6 Å². The van der Waals surface area contributed by atoms with Gasteiger partial charge in [0.15, 0.2) is 5.65 Å². The van der Waals surface area contributed by atoms with E-state index in [9.17, 15) is 19.2 Å². The lowest BCUT2D eigenvalue weighted by molar-refractivity contribution is 0.0358. The van der Waals surface area contributed by atoms with Crippen LogP contribution < -0.4 is 26.8 Å². The molecule has 22 nitrogen and oxygen atoms in total. The summed E-state index contributed by atoms with van der Waals surface area (Å²) in [4.78, 5) is 67.7. The summed E-state index contributed by atoms with van der Waals surface area (Å²) in [6.07, 6.45) is 5.68. The first-order chi connectivity index (χ1) is 29.0. The fourth-order valence-electron chi connectivity index (χ4n) is 6.99. The normalized spacial score (nSPS) is 13.4. The second-order valence-corrected chi connectivity index (χ2v) is 13.9. The second kappa shape index (κ2) is 17.8. The van der Waals surface area contributed by atoms with E-state index in [4.69, 9.17) is 25.9 Å². The van der Waals surface area contributed by atoms with Gasteiger partial charge in [-0.2, -0.15) is 0 Å². The number of aryl methyl sites for hydroxylation is 2. The number of carbonyl (C=O) groups is 4. The number of nitrogens with zero attached hydrogens (tertiary/aromatic N) is 12. The Kier molecular flexibility index (Phi) is 12.2. The van der Waals surface area contributed by atoms with Crippen molar-refractivity contribution in [1.29, 1.82) is 0 Å². The van der Waals surface area contributed by atoms with Crippen LogP contribution in [0, 0.1) is 13.8 Å². The molecule has 0 atom stereocenters. The molecule has 0 saturated carbocycles. The van der Waals surface area contributed by atoms with Gasteiger partial charge in [0.2, 0.25) is 35.4 Å². The number of allylic oxidation sites excluding steroid dienone is 2. The highest BCUT2D eigenvalue weighted by molar-refractivity contribution is 6.04. The molecule has 6 N–H and O–H groups in total. The van der Waals surface area contributed by atoms with Gasteiger partial charge in [-0.3, -0.25) is 39.3 Å². The lowest BCUT2D eigenvalue weighted by Gasteiger charge is -2.26. The molecule has 314 valence electrons. The Hall–Kier alpha value is -7.07. The molecule has 0 radical (unpaired) electrons. The van der Waals surface area contributed by atoms with E-state index in [1.807, 2.05) is 26.0 Å². The van der Waals surface area contributed by atoms with Gasteiger partial charge in [-0.05, 0) is 52.3 Å². The molecule has 4 amide bonds. The minimum absolute atomic E-state index is 0.0995. The summed E-state index contributed by atoms with van der Waals surface area (Å²) in [6, 6.07) is 4.62. The molecule has 1 aliphatic heterocycles. The molecule has 7 rings (SSSR count). The molecular weight excluding hydrogens is 777 g/mol. The predicted molar refractivity (Wildman–Crippen MR) is 218 cm³/mol. The number of benzene rings is 1. The Balaban J connectivity index is 1.22. The Morgan fingerprint density at radius 1 is 0.767 bits per heavy atom. The third-order valence-electron chi connectivity index (χ3n) is 10.0. The highest BCUT2D eigenvalue weighted by atomic mass is 16.5. The summed E-state index contributed by atoms with van der Waals surface area (Å²) in [5, 5.41) is 21.9. The van der Waals surface area contributed by atoms with Crippen LogP contribution in [0.5, 0.6) is 5.75 Å². The summed E-state index contributed by atoms with van der Waals surface area (Å²) in [5.74, 6) is -0.439. The van der Waals surface area contributed by atoms with E-state index >= 15 is 0 Å². The molecule has 1 saturated heterocycles. The Bertz CT molecular complexity index is 2610. The number of ether oxygens (including phenoxy) is 2. The van der Waals surface area contributed by atoms with Crippen LogP contribution >= 0.6 is 0 Å². The summed E-state index contributed by atoms with van der Waals surface area (Å²) in [6.45, 7) is 12.7. The standard InChI is InChI=1S/C38H46N16O6/c1-5-51-22(3)46-48-33(51)35(57)44-37-42-26-18-24(30(39)55)20-28(60-15-9-10-50-13-16-59-17-14-50)29(26)53(37)11-7-8-12-54-32-27(19-25(21-41-32)31(40)56)43-38(54)45-36(58)34-49-47-23(4)52(34)6-2/h7-8,18-21H,5-6,9-17H2,1-4H3,(H2,39,55)(H2,40,56)(H,42,44,57)(H,43,45,58)/b8-7+. The van der Waals surface area contributed by atoms with E-state index in [-0.39, 0.29) is 47.8 Å². The zero-order valence-corrected chi connectivity index (χ0v) is 33.7. The van der Waals surface area contributed by atoms with Gasteiger partial charge in [-0.15, -0.1) is 20.4 Å². The number of imidazole rings is 2. The molecule has 0 aliphatic carbocycles. The number of rotatable bonds is 17. The number of aromatic nitrogens is 11. The number of anilines is 2. The molecule has 5 aromatic heterocycles. The second-order valence-electron chi connectivity index (χ2n) is 13.9. The van der Waals surface area contributed by atoms with Crippen molar-refractivity contribution in [3.8, 4) is 5.75 Å². The number of nitrogens with two attached hydrogens (primary N) is 2. The van der Waals surface area contributed by atoms with E-state index in [0.717, 1.165) is 19.6 Å². The highest BCUT2D eigenvalue weighted by Crippen LogP contribution is 2.32. The number of hydrogen-bond donors (Lipinski definition) is 4. The summed E-state index contributed by atoms with van der Waals surface area (Å²) >= 11 is 0. The van der Waals surface area contributed by atoms with Gasteiger partial charge < -0.3 is 34.6 Å². The lowest BCUT2D eigenvalue weighted by Crippen LogP contribution is -2.37. The topological polar surface area (TPSA) is 276 Å². The van der Waals surface area contributed by atoms with Crippen LogP contribution in [0.15, 0.2) is 36.5 Å². The quantitative estimate of drug-likeness (QED) is 0.0753. The zero-order chi connectivity index (χ0) is 42.5. The number of carbonyl (C=O) groups excluding carboxylic acids is 4. The highest BCUT2D eigenvalue weighted by Gasteiger charge is 2.24. The number of morpholine rings is 1. The third-order valence-corrected chi connectivity index (χ3v) is 10.0. The van der Waals surface area contributed by atoms with E-state index in [1.54, 1.807) is 44.2 Å². The number of amides is 4. The summed E-state index contributed by atoms with van der Waals surface area (Å²) in [5.41, 5.74) is 13.2. The van der Waals surface area contributed by atoms with Crippen molar-refractivity contribution < 1.29 is 28.7 Å². The number of hydrogen-bond acceptors (Lipinski definition) is 14. The Morgan fingerprint density at radius 3 is 1.93 bits per heavy atom. The van der Waals surface area contributed by atoms with Crippen LogP contribution in [0.3, 0.4) is 0 Å². The van der Waals surface area contributed by atoms with Crippen molar-refractivity contribution in [3.63, 3.8) is 0 Å². The largest absolute Gasteiger partial charge is 0.491 e. The molecule has 1 aliphatic rings. The monoisotopic (exact) mass is 822 g/mol. The molecule has 6 heterocycles. The number of nitrogens with one attached hydrogen (secondary N) is 2. The van der Waals surface area contributed by atoms with Crippen LogP contribution in [0.4, 0.5) is 11.9 Å². The maximum Gasteiger partial charge on any atom is 0.295 e. The maximum absolute atomic E-state index is 13.7. The fraction of sp³-hybridized carbons (Fsp3) is 0.395. The number of pyridine rings is 1. The van der Waals surface area contributed by atoms with Crippen LogP contribution in [0.25, 0.3) is 22.2 Å². The van der Waals surface area contributed by atoms with E-state index in [2.05, 4.69) is 45.9 Å². The average molecular weight is 823 g/mol. The molecule has 0 bridgehead atoms. The van der Waals surface area contributed by atoms with Crippen LogP contribution in [0.1, 0.15) is 73.9 Å². The SMILES string of the molecule is CCn1c(C)nnc1C(=O)Nc1nc2cc(C(N)=O)cnc2n1C/C=C/Cn1c(NC(=O)c2nnc(C)n2CC)nc2cc(C(N)=O)cc(OCCCN3CCOCC3)c21. The van der Waals surface area contributed by atoms with Gasteiger partial charge in [-0.1, -0.05) is 12.2 Å². The Morgan fingerprint density at radius 2 is 1.33 bits per heavy atom. The third kappa shape index (κ3) is 8.54. The van der Waals surface area contributed by atoms with Gasteiger partial charge in [0.05, 0.1) is 30.9 Å². The molecule has 0 unspecified atom stereocenters. The first-order valence-electron chi connectivity index (χ1n) is 19.5. The van der Waals surface area contributed by atoms with Crippen LogP contribution in [-0.2, 0) is 30.9 Å². The molecule has 60 heavy (non-hydrogen) atoms. The van der Waals surface area contributed by atoms with E-state index in [0.29, 0.717) is 78.9 Å². The Labute approximate surface area is 342 Å². The number of primary amides is 2. The minimum atomic E-state index is -0.681. The van der Waals surface area contributed by atoms with Gasteiger partial charge in [0, 0.05) is 57.6 Å². The molecular formula is C38H46N16O6. The molecule has 0 spiro atoms. The summed E-state index contributed by atoms with van der Waals surface area (Å²) < 4.78 is 18.6. The van der Waals surface area contributed by atoms with Crippen molar-refractivity contribution in [2.75, 3.05) is 50.1 Å². The molecule has 22 heteroatoms. The average Bonchev–Trinajstić information content (AvgIpc) is 4.00. The summed E-state index contributed by atoms with van der Waals surface area (Å²) in [7, 11) is 0. The van der Waals surface area contributed by atoms with Crippen molar-refractivity contribution in [2.24, 2.45) is 11.5 Å². The van der Waals surface area contributed by atoms with Gasteiger partial charge >= 0.3 is 0 Å². The first-order valence-corrected chi connectivity index (χ1v) is 19.5. The van der Waals surface area contributed by atoms with Gasteiger partial charge in [0.1, 0.15) is 28.4 Å². The van der Waals surface area contributed by atoms with Crippen LogP contribution in [-0.4, -0.2) is 122 Å². The van der Waals surface area contributed by atoms with Crippen LogP contribution in [0.2, 0.25) is 0 Å². The van der Waals surface area contributed by atoms with Crippen molar-refractivity contribution in [1.82, 2.24) is 58.5 Å². The maximum atomic E-state index is 13.7. The molecule has 6 aromatic rings. The van der Waals surface area contributed by atoms with Gasteiger partial charge in [0.25, 0.3) is 11.8 Å². The van der Waals surface area contributed by atoms with Crippen molar-refractivity contribution in [2.45, 2.75) is 60.3 Å². The predicted octanol–water partition coefficient (Wildman–Crippen LogP) is 1.68. The number of fused-ring (bicyclic) bond motifs is 2.